The zero-order valence-corrected chi connectivity index (χ0v) is 33.5. The van der Waals surface area contributed by atoms with Crippen molar-refractivity contribution in [1.29, 1.82) is 0 Å². The lowest BCUT2D eigenvalue weighted by atomic mass is 10.1. The average molecular weight is 653 g/mol. The molecule has 262 valence electrons. The third-order valence-electron chi connectivity index (χ3n) is 7.59. The molecule has 0 saturated carbocycles. The Balaban J connectivity index is 0. The summed E-state index contributed by atoms with van der Waals surface area (Å²) in [6, 6.07) is 2.20. The van der Waals surface area contributed by atoms with Crippen LogP contribution in [0.5, 0.6) is 0 Å². The summed E-state index contributed by atoms with van der Waals surface area (Å²) in [6.45, 7) is 29.8. The summed E-state index contributed by atoms with van der Waals surface area (Å²) in [7, 11) is 7.23. The first-order valence-corrected chi connectivity index (χ1v) is 21.0. The fourth-order valence-corrected chi connectivity index (χ4v) is 9.56. The van der Waals surface area contributed by atoms with Crippen molar-refractivity contribution in [3.05, 3.63) is 0 Å². The second-order valence-electron chi connectivity index (χ2n) is 12.1. The van der Waals surface area contributed by atoms with Gasteiger partial charge in [-0.3, -0.25) is 0 Å². The molecule has 0 heterocycles. The van der Waals surface area contributed by atoms with Crippen LogP contribution in [0.3, 0.4) is 0 Å². The van der Waals surface area contributed by atoms with Crippen molar-refractivity contribution in [2.24, 2.45) is 11.8 Å². The molecule has 0 fully saturated rings. The van der Waals surface area contributed by atoms with E-state index in [4.69, 9.17) is 22.8 Å². The van der Waals surface area contributed by atoms with Crippen LogP contribution in [-0.4, -0.2) is 158 Å². The van der Waals surface area contributed by atoms with Crippen LogP contribution in [0.25, 0.3) is 0 Å². The molecule has 9 nitrogen and oxygen atoms in total. The molecule has 2 atom stereocenters. The number of hydrogen-bond donors (Lipinski definition) is 0. The highest BCUT2D eigenvalue weighted by molar-refractivity contribution is 6.60. The average Bonchev–Trinajstić information content (AvgIpc) is 2.95. The molecule has 0 N–H and O–H groups in total. The summed E-state index contributed by atoms with van der Waals surface area (Å²) in [6.07, 6.45) is 2.33. The maximum Gasteiger partial charge on any atom is 0.500 e. The minimum atomic E-state index is -2.49. The number of methoxy groups -OCH3 is 2. The second kappa shape index (κ2) is 29.5. The molecule has 43 heavy (non-hydrogen) atoms. The molecule has 11 heteroatoms. The van der Waals surface area contributed by atoms with Crippen LogP contribution in [0.1, 0.15) is 68.2 Å². The highest BCUT2D eigenvalue weighted by atomic mass is 28.4. The lowest BCUT2D eigenvalue weighted by Crippen LogP contribution is -2.46. The summed E-state index contributed by atoms with van der Waals surface area (Å²) < 4.78 is 28.3. The minimum Gasteiger partial charge on any atom is -0.374 e. The van der Waals surface area contributed by atoms with Crippen molar-refractivity contribution in [3.63, 3.8) is 0 Å². The van der Waals surface area contributed by atoms with Crippen molar-refractivity contribution in [2.75, 3.05) is 114 Å². The maximum absolute atomic E-state index is 5.96. The number of nitrogens with zero attached hydrogens (tertiary/aromatic N) is 4. The van der Waals surface area contributed by atoms with E-state index in [0.29, 0.717) is 25.7 Å². The topological polar surface area (TPSA) is 59.1 Å². The molecule has 0 saturated heterocycles. The molecular weight excluding hydrogens is 577 g/mol. The number of hydrogen-bond acceptors (Lipinski definition) is 9. The van der Waals surface area contributed by atoms with Crippen molar-refractivity contribution in [3.8, 4) is 0 Å². The molecule has 0 rings (SSSR count). The first-order chi connectivity index (χ1) is 20.5. The maximum atomic E-state index is 5.96. The standard InChI is InChI=1S/C19H44N2O3Si.C13H32N2O2Si/c1-8-20(9-2)17-19(7)18-21(10-3)15-14-16-25(22-11-4,23-12-5)24-13-6;1-12(10-14(2)3)11-15(4)8-7-9-18-13(16-5)17-6/h19H,8-18H2,1-7H3;12-13H,7-11,18H2,1-6H3. The van der Waals surface area contributed by atoms with Crippen LogP contribution in [0.15, 0.2) is 0 Å². The van der Waals surface area contributed by atoms with Crippen molar-refractivity contribution in [2.45, 2.75) is 86.2 Å². The predicted octanol–water partition coefficient (Wildman–Crippen LogP) is 4.39. The van der Waals surface area contributed by atoms with Crippen molar-refractivity contribution < 1.29 is 22.8 Å². The van der Waals surface area contributed by atoms with Crippen molar-refractivity contribution in [1.82, 2.24) is 19.6 Å². The quantitative estimate of drug-likeness (QED) is 0.0696. The Morgan fingerprint density at radius 1 is 0.628 bits per heavy atom. The minimum absolute atomic E-state index is 0.1000. The van der Waals surface area contributed by atoms with Gasteiger partial charge in [-0.25, -0.2) is 0 Å². The molecular formula is C32H76N4O5Si2. The van der Waals surface area contributed by atoms with Crippen LogP contribution in [-0.2, 0) is 22.8 Å². The van der Waals surface area contributed by atoms with Gasteiger partial charge in [-0.15, -0.1) is 0 Å². The second-order valence-corrected chi connectivity index (χ2v) is 16.8. The zero-order chi connectivity index (χ0) is 33.1. The predicted molar refractivity (Wildman–Crippen MR) is 190 cm³/mol. The van der Waals surface area contributed by atoms with E-state index in [9.17, 15) is 0 Å². The van der Waals surface area contributed by atoms with Gasteiger partial charge >= 0.3 is 8.80 Å². The van der Waals surface area contributed by atoms with Gasteiger partial charge in [0, 0.05) is 66.3 Å². The van der Waals surface area contributed by atoms with Gasteiger partial charge in [0.1, 0.15) is 5.91 Å². The largest absolute Gasteiger partial charge is 0.500 e. The van der Waals surface area contributed by atoms with Gasteiger partial charge in [0.2, 0.25) is 0 Å². The number of ether oxygens (including phenoxy) is 2. The summed E-state index contributed by atoms with van der Waals surface area (Å²) in [5.41, 5.74) is 0. The van der Waals surface area contributed by atoms with Gasteiger partial charge in [0.15, 0.2) is 0 Å². The van der Waals surface area contributed by atoms with Crippen LogP contribution >= 0.6 is 0 Å². The van der Waals surface area contributed by atoms with Gasteiger partial charge in [0.25, 0.3) is 0 Å². The van der Waals surface area contributed by atoms with Gasteiger partial charge in [0.05, 0.1) is 9.52 Å². The Morgan fingerprint density at radius 2 is 1.12 bits per heavy atom. The van der Waals surface area contributed by atoms with Crippen molar-refractivity contribution >= 4 is 18.3 Å². The van der Waals surface area contributed by atoms with E-state index in [2.05, 4.69) is 75.4 Å². The SMILES string of the molecule is CCO[Si](CCCN(CC)CC(C)CN(CC)CC)(OCC)OCC.COC(OC)[SiH2]CCCN(C)CC(C)CN(C)C. The fourth-order valence-electron chi connectivity index (χ4n) is 5.65. The molecule has 0 aliphatic carbocycles. The Kier molecular flexibility index (Phi) is 31.0. The molecule has 2 unspecified atom stereocenters. The lowest BCUT2D eigenvalue weighted by Gasteiger charge is -2.31. The first-order valence-electron chi connectivity index (χ1n) is 17.2. The third kappa shape index (κ3) is 24.9. The summed E-state index contributed by atoms with van der Waals surface area (Å²) in [5.74, 6) is 1.52. The van der Waals surface area contributed by atoms with E-state index in [1.807, 2.05) is 20.8 Å². The fraction of sp³-hybridized carbons (Fsp3) is 1.00. The highest BCUT2D eigenvalue weighted by Crippen LogP contribution is 2.19. The first kappa shape index (κ1) is 45.2. The lowest BCUT2D eigenvalue weighted by molar-refractivity contribution is -0.0441. The third-order valence-corrected chi connectivity index (χ3v) is 12.8. The molecule has 0 radical (unpaired) electrons. The van der Waals surface area contributed by atoms with E-state index >= 15 is 0 Å². The molecule has 0 aromatic carbocycles. The van der Waals surface area contributed by atoms with E-state index in [1.54, 1.807) is 14.2 Å². The number of rotatable bonds is 28. The monoisotopic (exact) mass is 653 g/mol. The van der Waals surface area contributed by atoms with Gasteiger partial charge in [-0.1, -0.05) is 40.7 Å². The van der Waals surface area contributed by atoms with E-state index in [-0.39, 0.29) is 15.4 Å². The highest BCUT2D eigenvalue weighted by Gasteiger charge is 2.39. The molecule has 0 spiro atoms. The summed E-state index contributed by atoms with van der Waals surface area (Å²) in [5, 5.41) is 0. The van der Waals surface area contributed by atoms with Crippen LogP contribution in [0, 0.1) is 11.8 Å². The summed E-state index contributed by atoms with van der Waals surface area (Å²) in [4.78, 5) is 9.76. The normalized spacial score (nSPS) is 14.1. The zero-order valence-electron chi connectivity index (χ0n) is 31.1. The van der Waals surface area contributed by atoms with Crippen LogP contribution in [0.4, 0.5) is 0 Å². The smallest absolute Gasteiger partial charge is 0.374 e. The molecule has 0 amide bonds. The molecule has 0 aromatic rings. The Morgan fingerprint density at radius 3 is 1.56 bits per heavy atom. The Hall–Kier alpha value is 0.0738. The molecule has 0 aliphatic heterocycles. The van der Waals surface area contributed by atoms with E-state index in [0.717, 1.165) is 57.7 Å². The summed E-state index contributed by atoms with van der Waals surface area (Å²) >= 11 is 0. The molecule has 0 bridgehead atoms. The van der Waals surface area contributed by atoms with E-state index in [1.165, 1.54) is 32.1 Å². The Labute approximate surface area is 272 Å². The van der Waals surface area contributed by atoms with Crippen LogP contribution < -0.4 is 0 Å². The molecule has 0 aliphatic rings. The van der Waals surface area contributed by atoms with Gasteiger partial charge in [-0.2, -0.15) is 0 Å². The van der Waals surface area contributed by atoms with Crippen LogP contribution in [0.2, 0.25) is 12.1 Å². The van der Waals surface area contributed by atoms with E-state index < -0.39 is 8.80 Å². The van der Waals surface area contributed by atoms with Gasteiger partial charge < -0.3 is 42.4 Å². The van der Waals surface area contributed by atoms with Gasteiger partial charge in [-0.05, 0) is 99.3 Å². The molecule has 0 aromatic heterocycles. The Bertz CT molecular complexity index is 573.